The topological polar surface area (TPSA) is 635 Å². The second kappa shape index (κ2) is 59.0. The second-order valence-corrected chi connectivity index (χ2v) is 17.1. The van der Waals surface area contributed by atoms with Crippen LogP contribution >= 0.6 is 0 Å². The van der Waals surface area contributed by atoms with Crippen molar-refractivity contribution in [3.05, 3.63) is 48.6 Å². The molecule has 0 saturated carbocycles. The molecule has 78 heavy (non-hydrogen) atoms. The van der Waals surface area contributed by atoms with Crippen molar-refractivity contribution in [1.29, 1.82) is 0 Å². The van der Waals surface area contributed by atoms with Gasteiger partial charge in [0.05, 0.1) is 191 Å². The molecule has 0 fully saturated rings. The summed E-state index contributed by atoms with van der Waals surface area (Å²) >= 11 is 0. The zero-order valence-electron chi connectivity index (χ0n) is 45.0. The van der Waals surface area contributed by atoms with Crippen LogP contribution in [0, 0.1) is 32.5 Å². The predicted molar refractivity (Wildman–Crippen MR) is 274 cm³/mol. The first-order chi connectivity index (χ1) is 36.0. The van der Waals surface area contributed by atoms with E-state index in [2.05, 4.69) is 26.3 Å². The molecule has 0 heterocycles. The molecule has 0 bridgehead atoms. The molecule has 0 rings (SSSR count). The van der Waals surface area contributed by atoms with E-state index in [0.29, 0.717) is 0 Å². The van der Waals surface area contributed by atoms with Crippen LogP contribution in [0.2, 0.25) is 0 Å². The van der Waals surface area contributed by atoms with Gasteiger partial charge in [-0.3, -0.25) is 0 Å². The van der Waals surface area contributed by atoms with Gasteiger partial charge in [-0.2, -0.15) is 0 Å². The lowest BCUT2D eigenvalue weighted by Crippen LogP contribution is -2.37. The van der Waals surface area contributed by atoms with E-state index in [1.807, 2.05) is 0 Å². The van der Waals surface area contributed by atoms with Crippen LogP contribution in [0.25, 0.3) is 0 Å². The number of aliphatic carboxylic acids is 4. The molecule has 0 saturated heterocycles. The van der Waals surface area contributed by atoms with Crippen molar-refractivity contribution < 1.29 is 162 Å². The van der Waals surface area contributed by atoms with E-state index < -0.39 is 215 Å². The Balaban J connectivity index is -0.0000000827. The zero-order valence-corrected chi connectivity index (χ0v) is 45.0. The molecule has 0 radical (unpaired) electrons. The molecule has 0 unspecified atom stereocenters. The summed E-state index contributed by atoms with van der Waals surface area (Å²) in [5, 5.41) is 235. The smallest absolute Gasteiger partial charge is 0.330 e. The van der Waals surface area contributed by atoms with Gasteiger partial charge in [0.25, 0.3) is 0 Å². The van der Waals surface area contributed by atoms with Crippen molar-refractivity contribution in [2.45, 2.75) is 27.7 Å². The van der Waals surface area contributed by atoms with E-state index in [1.54, 1.807) is 0 Å². The second-order valence-electron chi connectivity index (χ2n) is 17.1. The maximum atomic E-state index is 9.60. The molecule has 0 aromatic carbocycles. The molecular formula is C46H96O32. The Labute approximate surface area is 452 Å². The molecule has 32 nitrogen and oxygen atoms in total. The highest BCUT2D eigenvalue weighted by Crippen LogP contribution is 2.15. The van der Waals surface area contributed by atoms with Gasteiger partial charge >= 0.3 is 23.9 Å². The summed E-state index contributed by atoms with van der Waals surface area (Å²) in [5.74, 6) is -3.74. The van der Waals surface area contributed by atoms with Crippen LogP contribution in [0.15, 0.2) is 48.6 Å². The van der Waals surface area contributed by atoms with Crippen LogP contribution in [0.1, 0.15) is 27.7 Å². The number of carboxylic acid groups (broad SMARTS) is 4. The van der Waals surface area contributed by atoms with E-state index in [4.69, 9.17) is 143 Å². The predicted octanol–water partition coefficient (Wildman–Crippen LogP) is -9.76. The minimum Gasteiger partial charge on any atom is -0.478 e. The van der Waals surface area contributed by atoms with Gasteiger partial charge in [-0.1, -0.05) is 26.3 Å². The first-order valence-corrected chi connectivity index (χ1v) is 22.2. The summed E-state index contributed by atoms with van der Waals surface area (Å²) < 4.78 is 0. The first-order valence-electron chi connectivity index (χ1n) is 22.2. The molecule has 32 heteroatoms. The van der Waals surface area contributed by atoms with Gasteiger partial charge in [-0.05, 0) is 27.7 Å². The summed E-state index contributed by atoms with van der Waals surface area (Å²) in [7, 11) is 0. The van der Waals surface area contributed by atoms with Crippen LogP contribution in [-0.4, -0.2) is 325 Å². The van der Waals surface area contributed by atoms with Gasteiger partial charge in [0.1, 0.15) is 0 Å². The summed E-state index contributed by atoms with van der Waals surface area (Å²) in [4.78, 5) is 38.4. The van der Waals surface area contributed by atoms with Crippen LogP contribution in [0.5, 0.6) is 0 Å². The van der Waals surface area contributed by atoms with E-state index in [-0.39, 0.29) is 22.3 Å². The Bertz CT molecular complexity index is 1060. The number of hydrogen-bond acceptors (Lipinski definition) is 28. The highest BCUT2D eigenvalue weighted by Gasteiger charge is 2.30. The van der Waals surface area contributed by atoms with E-state index in [1.165, 1.54) is 27.7 Å². The lowest BCUT2D eigenvalue weighted by atomic mass is 9.93. The maximum Gasteiger partial charge on any atom is 0.330 e. The number of carbonyl (C=O) groups is 4. The van der Waals surface area contributed by atoms with Crippen molar-refractivity contribution in [3.63, 3.8) is 0 Å². The number of aliphatic hydroxyl groups excluding tert-OH is 24. The van der Waals surface area contributed by atoms with Gasteiger partial charge in [-0.25, -0.2) is 19.2 Å². The lowest BCUT2D eigenvalue weighted by Gasteiger charge is -2.23. The van der Waals surface area contributed by atoms with Crippen LogP contribution in [0.3, 0.4) is 0 Å². The number of aliphatic hydroxyl groups is 24. The number of hydrogen-bond donors (Lipinski definition) is 28. The first kappa shape index (κ1) is 96.2. The summed E-state index contributed by atoms with van der Waals surface area (Å²) in [6.45, 7) is 8.66. The summed E-state index contributed by atoms with van der Waals surface area (Å²) in [5.41, 5.74) is -5.96. The molecule has 0 amide bonds. The normalized spacial score (nSPS) is 10.6. The van der Waals surface area contributed by atoms with Crippen LogP contribution < -0.4 is 0 Å². The average molecular weight is 1160 g/mol. The van der Waals surface area contributed by atoms with Gasteiger partial charge in [0, 0.05) is 22.3 Å². The minimum atomic E-state index is -1.11. The zero-order chi connectivity index (χ0) is 64.6. The standard InChI is InChI=1S/6C5H12O4.4C4H6O2/c6*6-1-5(2-7,3-8)4-9;4*1-3(2)4(5)6/h6*6-9H,1-4H2;4*1H2,2H3,(H,5,6). The Morgan fingerprint density at radius 1 is 0.205 bits per heavy atom. The Hall–Kier alpha value is -4.12. The molecule has 472 valence electrons. The van der Waals surface area contributed by atoms with Crippen molar-refractivity contribution >= 4 is 23.9 Å². The maximum absolute atomic E-state index is 9.60. The van der Waals surface area contributed by atoms with Gasteiger partial charge < -0.3 is 143 Å². The average Bonchev–Trinajstić information content (AvgIpc) is 3.45. The molecule has 0 aromatic rings. The van der Waals surface area contributed by atoms with Crippen LogP contribution in [-0.2, 0) is 19.2 Å². The van der Waals surface area contributed by atoms with Crippen molar-refractivity contribution in [2.75, 3.05) is 159 Å². The van der Waals surface area contributed by atoms with Crippen molar-refractivity contribution in [1.82, 2.24) is 0 Å². The molecule has 0 aliphatic carbocycles. The monoisotopic (exact) mass is 1160 g/mol. The largest absolute Gasteiger partial charge is 0.478 e. The van der Waals surface area contributed by atoms with E-state index in [0.717, 1.165) is 0 Å². The fourth-order valence-corrected chi connectivity index (χ4v) is 1.80. The Morgan fingerprint density at radius 3 is 0.244 bits per heavy atom. The van der Waals surface area contributed by atoms with E-state index >= 15 is 0 Å². The molecular weight excluding hydrogens is 1060 g/mol. The molecule has 0 aliphatic heterocycles. The Morgan fingerprint density at radius 2 is 0.244 bits per heavy atom. The van der Waals surface area contributed by atoms with Crippen LogP contribution in [0.4, 0.5) is 0 Å². The summed E-state index contributed by atoms with van der Waals surface area (Å²) in [6, 6.07) is 0. The number of rotatable bonds is 28. The van der Waals surface area contributed by atoms with Gasteiger partial charge in [-0.15, -0.1) is 0 Å². The Kier molecular flexibility index (Phi) is 72.8. The third-order valence-electron chi connectivity index (χ3n) is 9.51. The van der Waals surface area contributed by atoms with Gasteiger partial charge in [0.15, 0.2) is 0 Å². The lowest BCUT2D eigenvalue weighted by molar-refractivity contribution is -0.133. The third-order valence-corrected chi connectivity index (χ3v) is 9.51. The molecule has 0 aromatic heterocycles. The fraction of sp³-hybridized carbons (Fsp3) is 0.739. The molecule has 0 aliphatic rings. The minimum absolute atomic E-state index is 0.176. The SMILES string of the molecule is C=C(C)C(=O)O.C=C(C)C(=O)O.C=C(C)C(=O)O.C=C(C)C(=O)O.OCC(CO)(CO)CO.OCC(CO)(CO)CO.OCC(CO)(CO)CO.OCC(CO)(CO)CO.OCC(CO)(CO)CO.OCC(CO)(CO)CO. The highest BCUT2D eigenvalue weighted by atomic mass is 16.4. The van der Waals surface area contributed by atoms with Crippen molar-refractivity contribution in [3.8, 4) is 0 Å². The van der Waals surface area contributed by atoms with Crippen molar-refractivity contribution in [2.24, 2.45) is 32.5 Å². The van der Waals surface area contributed by atoms with Gasteiger partial charge in [0.2, 0.25) is 0 Å². The summed E-state index contributed by atoms with van der Waals surface area (Å²) in [6.07, 6.45) is 0. The fourth-order valence-electron chi connectivity index (χ4n) is 1.80. The highest BCUT2D eigenvalue weighted by molar-refractivity contribution is 5.85. The third kappa shape index (κ3) is 51.3. The quantitative estimate of drug-likeness (QED) is 0.0324. The molecule has 0 atom stereocenters. The van der Waals surface area contributed by atoms with E-state index in [9.17, 15) is 19.2 Å². The molecule has 28 N–H and O–H groups in total. The molecule has 0 spiro atoms. The number of carboxylic acids is 4.